The SMILES string of the molecule is CCc1ccc(C=NNC(=O)c2cc(-c3ccc(C(C)CC)cc3)nc3ccccc23)s1. The van der Waals surface area contributed by atoms with Gasteiger partial charge in [-0.3, -0.25) is 4.79 Å². The zero-order chi connectivity index (χ0) is 22.5. The first-order valence-electron chi connectivity index (χ1n) is 11.0. The van der Waals surface area contributed by atoms with Crippen LogP contribution in [0.25, 0.3) is 22.2 Å². The number of amides is 1. The molecule has 4 nitrogen and oxygen atoms in total. The Bertz CT molecular complexity index is 1260. The topological polar surface area (TPSA) is 54.4 Å². The lowest BCUT2D eigenvalue weighted by Gasteiger charge is -2.11. The van der Waals surface area contributed by atoms with E-state index in [1.807, 2.05) is 36.4 Å². The Morgan fingerprint density at radius 1 is 1.09 bits per heavy atom. The lowest BCUT2D eigenvalue weighted by atomic mass is 9.96. The van der Waals surface area contributed by atoms with Crippen LogP contribution in [0.3, 0.4) is 0 Å². The van der Waals surface area contributed by atoms with Gasteiger partial charge in [0.05, 0.1) is 23.0 Å². The van der Waals surface area contributed by atoms with Crippen molar-refractivity contribution in [3.63, 3.8) is 0 Å². The zero-order valence-corrected chi connectivity index (χ0v) is 19.4. The van der Waals surface area contributed by atoms with E-state index < -0.39 is 0 Å². The summed E-state index contributed by atoms with van der Waals surface area (Å²) >= 11 is 1.68. The molecule has 1 unspecified atom stereocenters. The van der Waals surface area contributed by atoms with E-state index in [9.17, 15) is 4.79 Å². The largest absolute Gasteiger partial charge is 0.272 e. The van der Waals surface area contributed by atoms with E-state index in [4.69, 9.17) is 4.98 Å². The molecule has 1 N–H and O–H groups in total. The molecular weight excluding hydrogens is 414 g/mol. The third-order valence-electron chi connectivity index (χ3n) is 5.74. The van der Waals surface area contributed by atoms with Gasteiger partial charge in [-0.1, -0.05) is 63.2 Å². The molecule has 0 aliphatic heterocycles. The molecule has 1 atom stereocenters. The van der Waals surface area contributed by atoms with Crippen LogP contribution < -0.4 is 5.43 Å². The number of pyridine rings is 1. The fourth-order valence-electron chi connectivity index (χ4n) is 3.60. The monoisotopic (exact) mass is 441 g/mol. The third-order valence-corrected chi connectivity index (χ3v) is 6.90. The number of carbonyl (C=O) groups excluding carboxylic acids is 1. The van der Waals surface area contributed by atoms with Gasteiger partial charge in [0.2, 0.25) is 0 Å². The maximum Gasteiger partial charge on any atom is 0.272 e. The summed E-state index contributed by atoms with van der Waals surface area (Å²) in [5.41, 5.74) is 7.12. The fourth-order valence-corrected chi connectivity index (χ4v) is 4.42. The molecule has 2 aromatic carbocycles. The van der Waals surface area contributed by atoms with Crippen LogP contribution in [0.1, 0.15) is 58.8 Å². The smallest absolute Gasteiger partial charge is 0.267 e. The van der Waals surface area contributed by atoms with Crippen molar-refractivity contribution in [2.24, 2.45) is 5.10 Å². The fraction of sp³-hybridized carbons (Fsp3) is 0.222. The lowest BCUT2D eigenvalue weighted by Crippen LogP contribution is -2.18. The first-order valence-corrected chi connectivity index (χ1v) is 11.8. The van der Waals surface area contributed by atoms with Crippen LogP contribution in [-0.4, -0.2) is 17.1 Å². The first-order chi connectivity index (χ1) is 15.6. The van der Waals surface area contributed by atoms with Crippen molar-refractivity contribution < 1.29 is 4.79 Å². The average Bonchev–Trinajstić information content (AvgIpc) is 3.31. The number of hydrogen-bond acceptors (Lipinski definition) is 4. The van der Waals surface area contributed by atoms with Crippen molar-refractivity contribution >= 4 is 34.4 Å². The van der Waals surface area contributed by atoms with Gasteiger partial charge < -0.3 is 0 Å². The molecule has 5 heteroatoms. The van der Waals surface area contributed by atoms with E-state index in [0.717, 1.165) is 39.9 Å². The van der Waals surface area contributed by atoms with Crippen molar-refractivity contribution in [1.29, 1.82) is 0 Å². The highest BCUT2D eigenvalue weighted by molar-refractivity contribution is 7.13. The number of aryl methyl sites for hydroxylation is 1. The lowest BCUT2D eigenvalue weighted by molar-refractivity contribution is 0.0956. The zero-order valence-electron chi connectivity index (χ0n) is 18.6. The van der Waals surface area contributed by atoms with Gasteiger partial charge in [0.1, 0.15) is 0 Å². The summed E-state index contributed by atoms with van der Waals surface area (Å²) in [4.78, 5) is 20.1. The Labute approximate surface area is 193 Å². The van der Waals surface area contributed by atoms with Crippen LogP contribution in [0.15, 0.2) is 71.8 Å². The van der Waals surface area contributed by atoms with Crippen molar-refractivity contribution in [2.45, 2.75) is 39.5 Å². The minimum atomic E-state index is -0.246. The Morgan fingerprint density at radius 3 is 2.59 bits per heavy atom. The highest BCUT2D eigenvalue weighted by atomic mass is 32.1. The Balaban J connectivity index is 1.63. The van der Waals surface area contributed by atoms with E-state index in [-0.39, 0.29) is 5.91 Å². The first kappa shape index (κ1) is 21.9. The molecule has 4 aromatic rings. The summed E-state index contributed by atoms with van der Waals surface area (Å²) in [5.74, 6) is 0.272. The van der Waals surface area contributed by atoms with Crippen LogP contribution >= 0.6 is 11.3 Å². The van der Waals surface area contributed by atoms with Crippen LogP contribution in [0.4, 0.5) is 0 Å². The molecule has 162 valence electrons. The molecule has 2 heterocycles. The maximum absolute atomic E-state index is 13.0. The predicted octanol–water partition coefficient (Wildman–Crippen LogP) is 6.80. The van der Waals surface area contributed by atoms with Crippen molar-refractivity contribution in [3.05, 3.63) is 87.6 Å². The predicted molar refractivity (Wildman–Crippen MR) is 135 cm³/mol. The number of thiophene rings is 1. The van der Waals surface area contributed by atoms with Crippen molar-refractivity contribution in [1.82, 2.24) is 10.4 Å². The second kappa shape index (κ2) is 9.88. The van der Waals surface area contributed by atoms with Gasteiger partial charge in [0.15, 0.2) is 0 Å². The number of carbonyl (C=O) groups is 1. The molecule has 0 saturated heterocycles. The highest BCUT2D eigenvalue weighted by Crippen LogP contribution is 2.27. The molecular formula is C27H27N3OS. The molecule has 32 heavy (non-hydrogen) atoms. The summed E-state index contributed by atoms with van der Waals surface area (Å²) in [5, 5.41) is 4.99. The van der Waals surface area contributed by atoms with E-state index in [2.05, 4.69) is 61.6 Å². The van der Waals surface area contributed by atoms with E-state index >= 15 is 0 Å². The average molecular weight is 442 g/mol. The van der Waals surface area contributed by atoms with Crippen LogP contribution in [0, 0.1) is 0 Å². The number of para-hydroxylation sites is 1. The van der Waals surface area contributed by atoms with Gasteiger partial charge in [0.25, 0.3) is 5.91 Å². The number of aromatic nitrogens is 1. The molecule has 0 aliphatic rings. The molecule has 0 saturated carbocycles. The maximum atomic E-state index is 13.0. The quantitative estimate of drug-likeness (QED) is 0.253. The molecule has 0 spiro atoms. The van der Waals surface area contributed by atoms with Gasteiger partial charge in [-0.25, -0.2) is 10.4 Å². The van der Waals surface area contributed by atoms with Crippen LogP contribution in [-0.2, 0) is 6.42 Å². The van der Waals surface area contributed by atoms with Gasteiger partial charge in [-0.15, -0.1) is 11.3 Å². The van der Waals surface area contributed by atoms with Gasteiger partial charge in [-0.2, -0.15) is 5.10 Å². The van der Waals surface area contributed by atoms with Gasteiger partial charge in [0, 0.05) is 20.7 Å². The Morgan fingerprint density at radius 2 is 1.88 bits per heavy atom. The minimum absolute atomic E-state index is 0.246. The van der Waals surface area contributed by atoms with E-state index in [0.29, 0.717) is 11.5 Å². The molecule has 0 fully saturated rings. The Kier molecular flexibility index (Phi) is 6.76. The van der Waals surface area contributed by atoms with Crippen LogP contribution in [0.5, 0.6) is 0 Å². The number of benzene rings is 2. The number of nitrogens with one attached hydrogen (secondary N) is 1. The number of fused-ring (bicyclic) bond motifs is 1. The van der Waals surface area contributed by atoms with E-state index in [1.54, 1.807) is 17.6 Å². The molecule has 0 radical (unpaired) electrons. The summed E-state index contributed by atoms with van der Waals surface area (Å²) in [6.45, 7) is 6.54. The number of rotatable bonds is 7. The molecule has 4 rings (SSSR count). The van der Waals surface area contributed by atoms with Gasteiger partial charge in [-0.05, 0) is 48.6 Å². The second-order valence-electron chi connectivity index (χ2n) is 7.86. The summed E-state index contributed by atoms with van der Waals surface area (Å²) < 4.78 is 0. The summed E-state index contributed by atoms with van der Waals surface area (Å²) in [6, 6.07) is 22.1. The normalized spacial score (nSPS) is 12.3. The Hall–Kier alpha value is -3.31. The summed E-state index contributed by atoms with van der Waals surface area (Å²) in [6.07, 6.45) is 3.79. The van der Waals surface area contributed by atoms with Crippen molar-refractivity contribution in [2.75, 3.05) is 0 Å². The van der Waals surface area contributed by atoms with Crippen LogP contribution in [0.2, 0.25) is 0 Å². The third kappa shape index (κ3) is 4.78. The van der Waals surface area contributed by atoms with Gasteiger partial charge >= 0.3 is 0 Å². The molecule has 0 aliphatic carbocycles. The molecule has 2 aromatic heterocycles. The van der Waals surface area contributed by atoms with Crippen molar-refractivity contribution in [3.8, 4) is 11.3 Å². The number of hydrogen-bond donors (Lipinski definition) is 1. The minimum Gasteiger partial charge on any atom is -0.267 e. The standard InChI is InChI=1S/C27H27N3OS/c1-4-18(3)19-10-12-20(13-11-19)26-16-24(23-8-6-7-9-25(23)29-26)27(31)30-28-17-22-15-14-21(5-2)32-22/h6-18H,4-5H2,1-3H3,(H,30,31). The highest BCUT2D eigenvalue weighted by Gasteiger charge is 2.14. The number of nitrogens with zero attached hydrogens (tertiary/aromatic N) is 2. The summed E-state index contributed by atoms with van der Waals surface area (Å²) in [7, 11) is 0. The molecule has 0 bridgehead atoms. The number of hydrazone groups is 1. The van der Waals surface area contributed by atoms with E-state index in [1.165, 1.54) is 10.4 Å². The molecule has 1 amide bonds. The second-order valence-corrected chi connectivity index (χ2v) is 9.06.